The van der Waals surface area contributed by atoms with Gasteiger partial charge in [-0.2, -0.15) is 0 Å². The summed E-state index contributed by atoms with van der Waals surface area (Å²) >= 11 is 0. The van der Waals surface area contributed by atoms with Gasteiger partial charge in [0.15, 0.2) is 0 Å². The Morgan fingerprint density at radius 2 is 0.963 bits per heavy atom. The predicted octanol–water partition coefficient (Wildman–Crippen LogP) is 11.8. The lowest BCUT2D eigenvalue weighted by Gasteiger charge is -2.16. The number of rotatable bonds is 11. The van der Waals surface area contributed by atoms with Gasteiger partial charge in [-0.1, -0.05) is 115 Å². The Kier molecular flexibility index (Phi) is 9.13. The van der Waals surface area contributed by atoms with Crippen LogP contribution < -0.4 is 0 Å². The molecule has 5 aromatic carbocycles. The van der Waals surface area contributed by atoms with Crippen molar-refractivity contribution in [3.8, 4) is 61.8 Å². The van der Waals surface area contributed by atoms with Crippen molar-refractivity contribution in [1.82, 2.24) is 15.0 Å². The molecular weight excluding hydrogens is 659 g/mol. The maximum Gasteiger partial charge on any atom is 0.124 e. The highest BCUT2D eigenvalue weighted by Gasteiger charge is 2.14. The van der Waals surface area contributed by atoms with Crippen LogP contribution in [0.2, 0.25) is 0 Å². The molecule has 8 rings (SSSR count). The molecule has 0 aliphatic heterocycles. The molecule has 8 aromatic rings. The first kappa shape index (κ1) is 30.9. The van der Waals surface area contributed by atoms with Crippen LogP contribution in [-0.2, 0) is 25.7 Å². The van der Waals surface area contributed by atoms with Crippen LogP contribution in [-0.4, -0.2) is 20.1 Å². The van der Waals surface area contributed by atoms with Gasteiger partial charge in [-0.05, 0) is 120 Å². The molecule has 0 atom stereocenters. The van der Waals surface area contributed by atoms with E-state index in [2.05, 4.69) is 87.7 Å². The van der Waals surface area contributed by atoms with Gasteiger partial charge in [0.05, 0.1) is 17.1 Å². The largest absolute Gasteiger partial charge is 0.507 e. The van der Waals surface area contributed by atoms with Crippen molar-refractivity contribution in [3.63, 3.8) is 0 Å². The van der Waals surface area contributed by atoms with E-state index < -0.39 is 6.85 Å². The quantitative estimate of drug-likeness (QED) is 0.146. The van der Waals surface area contributed by atoms with Crippen LogP contribution in [0, 0.1) is 6.85 Å². The minimum atomic E-state index is -2.23. The Hall–Kier alpha value is -6.65. The Morgan fingerprint density at radius 3 is 1.48 bits per heavy atom. The summed E-state index contributed by atoms with van der Waals surface area (Å²) in [5, 5.41) is 11.4. The van der Waals surface area contributed by atoms with Gasteiger partial charge in [-0.3, -0.25) is 15.0 Å². The number of aryl methyl sites for hydroxylation is 5. The highest BCUT2D eigenvalue weighted by Crippen LogP contribution is 2.39. The molecule has 262 valence electrons. The summed E-state index contributed by atoms with van der Waals surface area (Å²) < 4.78 is 23.0. The molecule has 0 fully saturated rings. The zero-order valence-electron chi connectivity index (χ0n) is 32.9. The van der Waals surface area contributed by atoms with Gasteiger partial charge in [-0.25, -0.2) is 0 Å². The molecule has 0 unspecified atom stereocenters. The normalized spacial score (nSPS) is 12.1. The second kappa shape index (κ2) is 15.9. The van der Waals surface area contributed by atoms with Crippen molar-refractivity contribution < 1.29 is 9.22 Å². The van der Waals surface area contributed by atoms with Gasteiger partial charge in [-0.15, -0.1) is 0 Å². The summed E-state index contributed by atoms with van der Waals surface area (Å²) in [6.45, 7) is -2.23. The van der Waals surface area contributed by atoms with Crippen LogP contribution in [0.15, 0.2) is 176 Å². The second-order valence-corrected chi connectivity index (χ2v) is 13.6. The van der Waals surface area contributed by atoms with E-state index in [1.165, 1.54) is 28.5 Å². The molecule has 0 aliphatic rings. The molecule has 0 aliphatic carbocycles. The fourth-order valence-corrected chi connectivity index (χ4v) is 6.99. The van der Waals surface area contributed by atoms with E-state index in [4.69, 9.17) is 4.11 Å². The summed E-state index contributed by atoms with van der Waals surface area (Å²) in [5.74, 6) is 0.126. The third-order valence-corrected chi connectivity index (χ3v) is 9.87. The van der Waals surface area contributed by atoms with E-state index in [0.717, 1.165) is 64.9 Å². The third kappa shape index (κ3) is 8.04. The Labute approximate surface area is 321 Å². The third-order valence-electron chi connectivity index (χ3n) is 9.87. The molecule has 1 N–H and O–H groups in total. The van der Waals surface area contributed by atoms with Gasteiger partial charge < -0.3 is 5.11 Å². The Balaban J connectivity index is 1.08. The molecule has 0 amide bonds. The number of benzene rings is 5. The number of phenolic OH excluding ortho intramolecular Hbond substituents is 1. The number of phenols is 1. The molecule has 3 aromatic heterocycles. The van der Waals surface area contributed by atoms with Gasteiger partial charge in [0.1, 0.15) is 5.75 Å². The van der Waals surface area contributed by atoms with Gasteiger partial charge in [0.2, 0.25) is 0 Å². The number of aromatic nitrogens is 3. The molecule has 0 saturated carbocycles. The molecule has 4 heteroatoms. The lowest BCUT2D eigenvalue weighted by molar-refractivity contribution is 0.477. The number of pyridine rings is 3. The molecule has 0 spiro atoms. The van der Waals surface area contributed by atoms with Gasteiger partial charge in [0, 0.05) is 45.0 Å². The fourth-order valence-electron chi connectivity index (χ4n) is 6.99. The smallest absolute Gasteiger partial charge is 0.124 e. The van der Waals surface area contributed by atoms with Crippen LogP contribution in [0.5, 0.6) is 5.75 Å². The first-order valence-corrected chi connectivity index (χ1v) is 18.3. The highest BCUT2D eigenvalue weighted by atomic mass is 16.3. The predicted molar refractivity (Wildman–Crippen MR) is 221 cm³/mol. The van der Waals surface area contributed by atoms with Crippen LogP contribution >= 0.6 is 0 Å². The summed E-state index contributed by atoms with van der Waals surface area (Å²) in [4.78, 5) is 13.4. The van der Waals surface area contributed by atoms with Crippen molar-refractivity contribution in [1.29, 1.82) is 0 Å². The zero-order valence-corrected chi connectivity index (χ0v) is 29.9. The van der Waals surface area contributed by atoms with Crippen molar-refractivity contribution in [2.24, 2.45) is 0 Å². The average Bonchev–Trinajstić information content (AvgIpc) is 3.25. The second-order valence-electron chi connectivity index (χ2n) is 13.6. The monoisotopic (exact) mass is 702 g/mol. The fraction of sp³-hybridized carbons (Fsp3) is 0.100. The lowest BCUT2D eigenvalue weighted by atomic mass is 9.89. The van der Waals surface area contributed by atoms with Crippen LogP contribution in [0.3, 0.4) is 0 Å². The summed E-state index contributed by atoms with van der Waals surface area (Å²) in [6.07, 6.45) is 8.56. The van der Waals surface area contributed by atoms with Crippen LogP contribution in [0.1, 0.15) is 31.9 Å². The number of nitrogens with zero attached hydrogens (tertiary/aromatic N) is 3. The summed E-state index contributed by atoms with van der Waals surface area (Å²) in [5.41, 5.74) is 14.4. The molecule has 3 heterocycles. The number of hydrogen-bond acceptors (Lipinski definition) is 4. The summed E-state index contributed by atoms with van der Waals surface area (Å²) in [7, 11) is 0. The van der Waals surface area contributed by atoms with Crippen molar-refractivity contribution in [2.75, 3.05) is 0 Å². The van der Waals surface area contributed by atoms with Crippen molar-refractivity contribution in [2.45, 2.75) is 32.5 Å². The SMILES string of the molecule is [2H]C([2H])([2H])c1ccc(-c2ccc(-c3ccccc3-c3cc(CCc4ccc(-c5ccccn5)cc4)cc(CCc4ccc(-c5ccccn5)cc4)c3)c(O)c2)nc1. The minimum Gasteiger partial charge on any atom is -0.507 e. The summed E-state index contributed by atoms with van der Waals surface area (Å²) in [6, 6.07) is 53.2. The molecule has 0 saturated heterocycles. The van der Waals surface area contributed by atoms with E-state index in [0.29, 0.717) is 16.8 Å². The van der Waals surface area contributed by atoms with E-state index in [9.17, 15) is 5.11 Å². The van der Waals surface area contributed by atoms with E-state index in [-0.39, 0.29) is 11.3 Å². The highest BCUT2D eigenvalue weighted by molar-refractivity contribution is 5.87. The first-order chi connectivity index (χ1) is 27.8. The first-order valence-electron chi connectivity index (χ1n) is 19.8. The van der Waals surface area contributed by atoms with E-state index in [1.54, 1.807) is 18.2 Å². The molecule has 0 radical (unpaired) electrons. The van der Waals surface area contributed by atoms with Crippen LogP contribution in [0.4, 0.5) is 0 Å². The van der Waals surface area contributed by atoms with Crippen molar-refractivity contribution in [3.05, 3.63) is 204 Å². The maximum absolute atomic E-state index is 11.4. The van der Waals surface area contributed by atoms with Gasteiger partial charge >= 0.3 is 0 Å². The van der Waals surface area contributed by atoms with Gasteiger partial charge in [0.25, 0.3) is 0 Å². The van der Waals surface area contributed by atoms with Crippen LogP contribution in [0.25, 0.3) is 56.0 Å². The molecular formula is C50H41N3O. The molecule has 0 bridgehead atoms. The topological polar surface area (TPSA) is 58.9 Å². The zero-order chi connectivity index (χ0) is 39.2. The Bertz CT molecular complexity index is 2490. The van der Waals surface area contributed by atoms with E-state index >= 15 is 0 Å². The van der Waals surface area contributed by atoms with E-state index in [1.807, 2.05) is 79.1 Å². The van der Waals surface area contributed by atoms with Crippen molar-refractivity contribution >= 4 is 0 Å². The average molecular weight is 703 g/mol. The maximum atomic E-state index is 11.4. The Morgan fingerprint density at radius 1 is 0.426 bits per heavy atom. The lowest BCUT2D eigenvalue weighted by Crippen LogP contribution is -1.98. The molecule has 54 heavy (non-hydrogen) atoms. The number of aromatic hydroxyl groups is 1. The molecule has 4 nitrogen and oxygen atoms in total. The number of hydrogen-bond donors (Lipinski definition) is 1. The standard InChI is InChI=1S/C50H41N3O/c1-35-12-27-49(53-34-35)42-25-26-46(50(54)33-42)45-9-3-2-8-44(45)43-31-38(15-13-36-17-21-40(22-18-36)47-10-4-6-28-51-47)30-39(32-43)16-14-37-19-23-41(24-20-37)48-11-5-7-29-52-48/h2-12,17-34,54H,13-16H2,1H3/i1D3. The minimum absolute atomic E-state index is 0.126.